The maximum Gasteiger partial charge on any atom is 0.272 e. The van der Waals surface area contributed by atoms with Gasteiger partial charge in [0, 0.05) is 43.1 Å². The predicted octanol–water partition coefficient (Wildman–Crippen LogP) is 4.40. The minimum Gasteiger partial charge on any atom is -0.367 e. The van der Waals surface area contributed by atoms with Crippen LogP contribution in [0.2, 0.25) is 5.02 Å². The van der Waals surface area contributed by atoms with Gasteiger partial charge in [-0.2, -0.15) is 5.10 Å². The number of H-pyrrole nitrogens is 1. The molecule has 4 heterocycles. The average Bonchev–Trinajstić information content (AvgIpc) is 3.32. The molecule has 1 amide bonds. The molecule has 144 valence electrons. The number of halogens is 1. The van der Waals surface area contributed by atoms with Gasteiger partial charge in [-0.15, -0.1) is 23.1 Å². The molecule has 2 aliphatic heterocycles. The molecule has 1 N–H and O–H groups in total. The molecular weight excluding hydrogens is 412 g/mol. The lowest BCUT2D eigenvalue weighted by atomic mass is 10.1. The Morgan fingerprint density at radius 1 is 1.14 bits per heavy atom. The number of hydrogen-bond acceptors (Lipinski definition) is 5. The van der Waals surface area contributed by atoms with Gasteiger partial charge in [-0.05, 0) is 30.0 Å². The van der Waals surface area contributed by atoms with Crippen molar-refractivity contribution in [1.29, 1.82) is 0 Å². The Labute approximate surface area is 176 Å². The SMILES string of the molecule is O=C(c1[nH]nc2c1CCSc1sccc1-2)N1CCN(c2ccccc2Cl)CC1. The van der Waals surface area contributed by atoms with Crippen molar-refractivity contribution >= 4 is 46.3 Å². The summed E-state index contributed by atoms with van der Waals surface area (Å²) in [6.45, 7) is 2.90. The number of rotatable bonds is 2. The molecule has 0 bridgehead atoms. The molecular formula is C20H19ClN4OS2. The van der Waals surface area contributed by atoms with Crippen molar-refractivity contribution in [1.82, 2.24) is 15.1 Å². The van der Waals surface area contributed by atoms with E-state index in [4.69, 9.17) is 11.6 Å². The monoisotopic (exact) mass is 430 g/mol. The zero-order chi connectivity index (χ0) is 19.1. The van der Waals surface area contributed by atoms with Gasteiger partial charge >= 0.3 is 0 Å². The quantitative estimate of drug-likeness (QED) is 0.654. The number of carbonyl (C=O) groups is 1. The van der Waals surface area contributed by atoms with Crippen LogP contribution in [-0.2, 0) is 6.42 Å². The third-order valence-corrected chi connectivity index (χ3v) is 7.87. The second kappa shape index (κ2) is 7.46. The lowest BCUT2D eigenvalue weighted by molar-refractivity contribution is 0.0740. The summed E-state index contributed by atoms with van der Waals surface area (Å²) in [5.74, 6) is 1.02. The largest absolute Gasteiger partial charge is 0.367 e. The van der Waals surface area contributed by atoms with Crippen LogP contribution in [0.3, 0.4) is 0 Å². The van der Waals surface area contributed by atoms with Crippen molar-refractivity contribution < 1.29 is 4.79 Å². The lowest BCUT2D eigenvalue weighted by Crippen LogP contribution is -2.49. The first-order valence-corrected chi connectivity index (χ1v) is 11.5. The van der Waals surface area contributed by atoms with Gasteiger partial charge in [0.1, 0.15) is 5.69 Å². The Balaban J connectivity index is 1.35. The van der Waals surface area contributed by atoms with Crippen LogP contribution in [-0.4, -0.2) is 52.9 Å². The molecule has 5 nitrogen and oxygen atoms in total. The number of piperazine rings is 1. The summed E-state index contributed by atoms with van der Waals surface area (Å²) in [5, 5.41) is 10.4. The van der Waals surface area contributed by atoms with Crippen molar-refractivity contribution in [3.8, 4) is 11.3 Å². The highest BCUT2D eigenvalue weighted by Gasteiger charge is 2.29. The number of hydrogen-bond donors (Lipinski definition) is 1. The molecule has 28 heavy (non-hydrogen) atoms. The summed E-state index contributed by atoms with van der Waals surface area (Å²) in [4.78, 5) is 17.4. The second-order valence-electron chi connectivity index (χ2n) is 6.88. The Morgan fingerprint density at radius 3 is 2.79 bits per heavy atom. The first-order valence-electron chi connectivity index (χ1n) is 9.29. The van der Waals surface area contributed by atoms with Gasteiger partial charge in [0.25, 0.3) is 5.91 Å². The van der Waals surface area contributed by atoms with E-state index in [-0.39, 0.29) is 5.91 Å². The minimum absolute atomic E-state index is 0.0521. The zero-order valence-electron chi connectivity index (χ0n) is 15.2. The number of amides is 1. The number of thiophene rings is 1. The van der Waals surface area contributed by atoms with Crippen LogP contribution in [0.25, 0.3) is 11.3 Å². The van der Waals surface area contributed by atoms with E-state index >= 15 is 0 Å². The molecule has 0 atom stereocenters. The summed E-state index contributed by atoms with van der Waals surface area (Å²) >= 11 is 9.93. The maximum absolute atomic E-state index is 13.2. The number of anilines is 1. The van der Waals surface area contributed by atoms with E-state index in [1.165, 1.54) is 4.21 Å². The van der Waals surface area contributed by atoms with Crippen LogP contribution in [0, 0.1) is 0 Å². The van der Waals surface area contributed by atoms with Crippen molar-refractivity contribution in [3.63, 3.8) is 0 Å². The van der Waals surface area contributed by atoms with E-state index in [9.17, 15) is 4.79 Å². The van der Waals surface area contributed by atoms with Gasteiger partial charge < -0.3 is 9.80 Å². The first-order chi connectivity index (χ1) is 13.7. The Kier molecular flexibility index (Phi) is 4.82. The predicted molar refractivity (Wildman–Crippen MR) is 116 cm³/mol. The molecule has 1 saturated heterocycles. The highest BCUT2D eigenvalue weighted by Crippen LogP contribution is 2.41. The number of nitrogens with zero attached hydrogens (tertiary/aromatic N) is 3. The topological polar surface area (TPSA) is 52.2 Å². The van der Waals surface area contributed by atoms with Gasteiger partial charge in [-0.3, -0.25) is 9.89 Å². The summed E-state index contributed by atoms with van der Waals surface area (Å²) < 4.78 is 1.29. The average molecular weight is 431 g/mol. The van der Waals surface area contributed by atoms with E-state index in [0.29, 0.717) is 18.8 Å². The normalized spacial score (nSPS) is 16.5. The number of carbonyl (C=O) groups excluding carboxylic acids is 1. The zero-order valence-corrected chi connectivity index (χ0v) is 17.5. The van der Waals surface area contributed by atoms with Crippen LogP contribution >= 0.6 is 34.7 Å². The van der Waals surface area contributed by atoms with Crippen molar-refractivity contribution in [2.45, 2.75) is 10.6 Å². The molecule has 0 radical (unpaired) electrons. The molecule has 1 fully saturated rings. The molecule has 1 aromatic carbocycles. The third-order valence-electron chi connectivity index (χ3n) is 5.31. The summed E-state index contributed by atoms with van der Waals surface area (Å²) in [5.41, 5.74) is 4.85. The van der Waals surface area contributed by atoms with Gasteiger partial charge in [-0.25, -0.2) is 0 Å². The Morgan fingerprint density at radius 2 is 1.96 bits per heavy atom. The fourth-order valence-corrected chi connectivity index (χ4v) is 6.23. The smallest absolute Gasteiger partial charge is 0.272 e. The number of benzene rings is 1. The van der Waals surface area contributed by atoms with Gasteiger partial charge in [0.15, 0.2) is 0 Å². The highest BCUT2D eigenvalue weighted by atomic mass is 35.5. The maximum atomic E-state index is 13.2. The van der Waals surface area contributed by atoms with Crippen LogP contribution in [0.4, 0.5) is 5.69 Å². The van der Waals surface area contributed by atoms with E-state index in [0.717, 1.165) is 52.8 Å². The van der Waals surface area contributed by atoms with E-state index < -0.39 is 0 Å². The first kappa shape index (κ1) is 18.1. The van der Waals surface area contributed by atoms with Crippen LogP contribution < -0.4 is 4.90 Å². The van der Waals surface area contributed by atoms with Crippen molar-refractivity contribution in [2.24, 2.45) is 0 Å². The van der Waals surface area contributed by atoms with Gasteiger partial charge in [0.05, 0.1) is 20.6 Å². The summed E-state index contributed by atoms with van der Waals surface area (Å²) in [6.07, 6.45) is 0.860. The molecule has 2 aliphatic rings. The summed E-state index contributed by atoms with van der Waals surface area (Å²) in [7, 11) is 0. The van der Waals surface area contributed by atoms with Crippen LogP contribution in [0.15, 0.2) is 39.9 Å². The molecule has 2 aromatic heterocycles. The molecule has 8 heteroatoms. The van der Waals surface area contributed by atoms with E-state index in [1.807, 2.05) is 40.9 Å². The number of nitrogens with one attached hydrogen (secondary N) is 1. The number of aromatic amines is 1. The molecule has 3 aromatic rings. The number of thioether (sulfide) groups is 1. The minimum atomic E-state index is 0.0521. The number of fused-ring (bicyclic) bond motifs is 3. The van der Waals surface area contributed by atoms with E-state index in [2.05, 4.69) is 26.5 Å². The van der Waals surface area contributed by atoms with Gasteiger partial charge in [-0.1, -0.05) is 23.7 Å². The third kappa shape index (κ3) is 3.11. The lowest BCUT2D eigenvalue weighted by Gasteiger charge is -2.36. The number of aromatic nitrogens is 2. The fourth-order valence-electron chi connectivity index (χ4n) is 3.85. The molecule has 0 unspecified atom stereocenters. The van der Waals surface area contributed by atoms with Crippen molar-refractivity contribution in [3.05, 3.63) is 52.0 Å². The van der Waals surface area contributed by atoms with Crippen molar-refractivity contribution in [2.75, 3.05) is 36.8 Å². The molecule has 0 saturated carbocycles. The van der Waals surface area contributed by atoms with Gasteiger partial charge in [0.2, 0.25) is 0 Å². The highest BCUT2D eigenvalue weighted by molar-refractivity contribution is 8.01. The van der Waals surface area contributed by atoms with E-state index in [1.54, 1.807) is 11.3 Å². The standard InChI is InChI=1S/C20H19ClN4OS2/c21-15-3-1-2-4-16(15)24-7-9-25(10-8-24)19(26)18-13-5-11-27-20-14(6-12-28-20)17(13)22-23-18/h1-4,6,12H,5,7-11H2,(H,22,23). The Bertz CT molecular complexity index is 1020. The fraction of sp³-hybridized carbons (Fsp3) is 0.300. The second-order valence-corrected chi connectivity index (χ2v) is 9.56. The Hall–Kier alpha value is -1.96. The van der Waals surface area contributed by atoms with Crippen LogP contribution in [0.5, 0.6) is 0 Å². The summed E-state index contributed by atoms with van der Waals surface area (Å²) in [6, 6.07) is 9.98. The molecule has 0 aliphatic carbocycles. The molecule has 5 rings (SSSR count). The number of para-hydroxylation sites is 1. The molecule has 0 spiro atoms. The van der Waals surface area contributed by atoms with Crippen LogP contribution in [0.1, 0.15) is 16.1 Å².